The van der Waals surface area contributed by atoms with Gasteiger partial charge in [0.1, 0.15) is 11.5 Å². The van der Waals surface area contributed by atoms with Crippen molar-refractivity contribution in [1.29, 1.82) is 0 Å². The summed E-state index contributed by atoms with van der Waals surface area (Å²) < 4.78 is 41.7. The zero-order valence-electron chi connectivity index (χ0n) is 19.7. The molecule has 2 atom stereocenters. The Balaban J connectivity index is 1.81. The van der Waals surface area contributed by atoms with E-state index in [0.717, 1.165) is 0 Å². The van der Waals surface area contributed by atoms with Gasteiger partial charge < -0.3 is 9.47 Å². The van der Waals surface area contributed by atoms with E-state index in [-0.39, 0.29) is 34.4 Å². The molecular weight excluding hydrogens is 510 g/mol. The molecule has 0 spiro atoms. The van der Waals surface area contributed by atoms with E-state index in [1.165, 1.54) is 37.5 Å². The van der Waals surface area contributed by atoms with Gasteiger partial charge in [0.25, 0.3) is 0 Å². The number of halogens is 1. The third-order valence-electron chi connectivity index (χ3n) is 5.48. The van der Waals surface area contributed by atoms with Gasteiger partial charge in [-0.3, -0.25) is 19.3 Å². The average Bonchev–Trinajstić information content (AvgIpc) is 3.30. The first-order chi connectivity index (χ1) is 17.3. The molecule has 0 fully saturated rings. The minimum absolute atomic E-state index is 0.116. The molecular formula is C21H22ClN9O4S. The maximum absolute atomic E-state index is 13.4. The first-order valence-corrected chi connectivity index (χ1v) is 12.5. The molecule has 13 nitrogen and oxygen atoms in total. The van der Waals surface area contributed by atoms with Gasteiger partial charge >= 0.3 is 0 Å². The smallest absolute Gasteiger partial charge is 0.245 e. The van der Waals surface area contributed by atoms with E-state index in [4.69, 9.17) is 21.1 Å². The van der Waals surface area contributed by atoms with Crippen LogP contribution >= 0.6 is 11.6 Å². The number of nitrogens with zero attached hydrogens (tertiary/aromatic N) is 8. The summed E-state index contributed by atoms with van der Waals surface area (Å²) in [4.78, 5) is 20.6. The number of methoxy groups -OCH3 is 2. The number of nitrogens with one attached hydrogen (secondary N) is 1. The van der Waals surface area contributed by atoms with Crippen LogP contribution in [-0.2, 0) is 10.0 Å². The first-order valence-electron chi connectivity index (χ1n) is 10.5. The lowest BCUT2D eigenvalue weighted by Crippen LogP contribution is -2.31. The molecule has 0 amide bonds. The predicted molar refractivity (Wildman–Crippen MR) is 131 cm³/mol. The topological polar surface area (TPSA) is 160 Å². The number of aromatic nitrogens is 8. The van der Waals surface area contributed by atoms with Gasteiger partial charge in [0, 0.05) is 23.9 Å². The molecule has 0 aliphatic heterocycles. The standard InChI is InChI=1S/C21H22ClN9O4S/c1-12(15-9-25-16(22)10-24-15)13(2)36(32,33)30-21-29-28-18(14-6-5-7-23-8-14)31(21)17-19(34-3)26-11-27-20(17)35-4/h5-13H,1-4H3,(H,29,30)/t12-,13-/m0/s1. The van der Waals surface area contributed by atoms with Crippen LogP contribution in [0.5, 0.6) is 11.8 Å². The van der Waals surface area contributed by atoms with Crippen LogP contribution in [0.4, 0.5) is 5.95 Å². The van der Waals surface area contributed by atoms with Gasteiger partial charge in [-0.2, -0.15) is 9.97 Å². The van der Waals surface area contributed by atoms with Crippen LogP contribution in [0.2, 0.25) is 5.15 Å². The van der Waals surface area contributed by atoms with E-state index < -0.39 is 21.2 Å². The van der Waals surface area contributed by atoms with E-state index >= 15 is 0 Å². The molecule has 4 heterocycles. The summed E-state index contributed by atoms with van der Waals surface area (Å²) in [5.74, 6) is -0.154. The van der Waals surface area contributed by atoms with Crippen LogP contribution in [-0.4, -0.2) is 67.6 Å². The second-order valence-electron chi connectivity index (χ2n) is 7.57. The molecule has 4 aromatic rings. The molecule has 0 saturated heterocycles. The Hall–Kier alpha value is -3.91. The van der Waals surface area contributed by atoms with Crippen molar-refractivity contribution >= 4 is 27.6 Å². The van der Waals surface area contributed by atoms with E-state index in [9.17, 15) is 8.42 Å². The first kappa shape index (κ1) is 25.2. The van der Waals surface area contributed by atoms with Crippen LogP contribution < -0.4 is 14.2 Å². The van der Waals surface area contributed by atoms with Crippen LogP contribution in [0, 0.1) is 0 Å². The summed E-state index contributed by atoms with van der Waals surface area (Å²) in [6.07, 6.45) is 7.23. The molecule has 15 heteroatoms. The lowest BCUT2D eigenvalue weighted by molar-refractivity contribution is 0.368. The van der Waals surface area contributed by atoms with Crippen molar-refractivity contribution in [2.24, 2.45) is 0 Å². The van der Waals surface area contributed by atoms with Crippen LogP contribution in [0.15, 0.2) is 43.2 Å². The van der Waals surface area contributed by atoms with Gasteiger partial charge in [-0.15, -0.1) is 10.2 Å². The van der Waals surface area contributed by atoms with Gasteiger partial charge in [-0.05, 0) is 19.1 Å². The molecule has 0 bridgehead atoms. The number of pyridine rings is 1. The number of hydrogen-bond acceptors (Lipinski definition) is 11. The molecule has 0 aliphatic carbocycles. The number of anilines is 1. The summed E-state index contributed by atoms with van der Waals surface area (Å²) in [5.41, 5.74) is 1.23. The Labute approximate surface area is 212 Å². The number of ether oxygens (including phenoxy) is 2. The maximum atomic E-state index is 13.4. The lowest BCUT2D eigenvalue weighted by Gasteiger charge is -2.21. The second-order valence-corrected chi connectivity index (χ2v) is 9.99. The Morgan fingerprint density at radius 3 is 2.31 bits per heavy atom. The highest BCUT2D eigenvalue weighted by molar-refractivity contribution is 7.93. The quantitative estimate of drug-likeness (QED) is 0.338. The highest BCUT2D eigenvalue weighted by atomic mass is 35.5. The van der Waals surface area contributed by atoms with Gasteiger partial charge in [0.05, 0.1) is 37.6 Å². The molecule has 0 radical (unpaired) electrons. The monoisotopic (exact) mass is 531 g/mol. The fraction of sp³-hybridized carbons (Fsp3) is 0.286. The van der Waals surface area contributed by atoms with Gasteiger partial charge in [-0.1, -0.05) is 18.5 Å². The Morgan fingerprint density at radius 2 is 1.72 bits per heavy atom. The summed E-state index contributed by atoms with van der Waals surface area (Å²) in [6.45, 7) is 3.28. The van der Waals surface area contributed by atoms with Crippen molar-refractivity contribution < 1.29 is 17.9 Å². The largest absolute Gasteiger partial charge is 0.479 e. The highest BCUT2D eigenvalue weighted by Gasteiger charge is 2.32. The molecule has 4 rings (SSSR count). The Morgan fingerprint density at radius 1 is 1.00 bits per heavy atom. The van der Waals surface area contributed by atoms with Gasteiger partial charge in [0.15, 0.2) is 11.5 Å². The third kappa shape index (κ3) is 4.90. The average molecular weight is 532 g/mol. The molecule has 4 aromatic heterocycles. The van der Waals surface area contributed by atoms with Crippen molar-refractivity contribution in [1.82, 2.24) is 39.7 Å². The minimum Gasteiger partial charge on any atom is -0.479 e. The zero-order valence-corrected chi connectivity index (χ0v) is 21.3. The fourth-order valence-corrected chi connectivity index (χ4v) is 4.72. The van der Waals surface area contributed by atoms with E-state index in [2.05, 4.69) is 39.8 Å². The zero-order chi connectivity index (χ0) is 25.9. The van der Waals surface area contributed by atoms with Crippen molar-refractivity contribution in [3.8, 4) is 28.8 Å². The minimum atomic E-state index is -4.02. The van der Waals surface area contributed by atoms with E-state index in [1.54, 1.807) is 38.4 Å². The van der Waals surface area contributed by atoms with Crippen LogP contribution in [0.25, 0.3) is 17.1 Å². The molecule has 0 aliphatic rings. The van der Waals surface area contributed by atoms with Crippen LogP contribution in [0.1, 0.15) is 25.5 Å². The van der Waals surface area contributed by atoms with Crippen LogP contribution in [0.3, 0.4) is 0 Å². The molecule has 0 saturated carbocycles. The van der Waals surface area contributed by atoms with Gasteiger partial charge in [0.2, 0.25) is 27.7 Å². The highest BCUT2D eigenvalue weighted by Crippen LogP contribution is 2.35. The molecule has 0 unspecified atom stereocenters. The van der Waals surface area contributed by atoms with E-state index in [1.807, 2.05) is 0 Å². The summed E-state index contributed by atoms with van der Waals surface area (Å²) in [7, 11) is -1.19. The van der Waals surface area contributed by atoms with Crippen molar-refractivity contribution in [3.05, 3.63) is 54.1 Å². The van der Waals surface area contributed by atoms with Crippen molar-refractivity contribution in [2.45, 2.75) is 25.0 Å². The van der Waals surface area contributed by atoms with Crippen molar-refractivity contribution in [2.75, 3.05) is 18.9 Å². The summed E-state index contributed by atoms with van der Waals surface area (Å²) in [6, 6.07) is 3.46. The fourth-order valence-electron chi connectivity index (χ4n) is 3.37. The second kappa shape index (κ2) is 10.4. The Bertz CT molecular complexity index is 1430. The molecule has 1 N–H and O–H groups in total. The summed E-state index contributed by atoms with van der Waals surface area (Å²) >= 11 is 5.81. The Kier molecular flexibility index (Phi) is 7.26. The summed E-state index contributed by atoms with van der Waals surface area (Å²) in [5, 5.41) is 7.60. The number of rotatable bonds is 9. The molecule has 36 heavy (non-hydrogen) atoms. The van der Waals surface area contributed by atoms with Gasteiger partial charge in [-0.25, -0.2) is 13.4 Å². The normalized spacial score (nSPS) is 13.1. The van der Waals surface area contributed by atoms with E-state index in [0.29, 0.717) is 11.3 Å². The lowest BCUT2D eigenvalue weighted by atomic mass is 10.1. The SMILES string of the molecule is COc1ncnc(OC)c1-n1c(NS(=O)(=O)[C@@H](C)[C@H](C)c2cnc(Cl)cn2)nnc1-c1cccnc1. The number of hydrogen-bond donors (Lipinski definition) is 1. The third-order valence-corrected chi connectivity index (χ3v) is 7.53. The van der Waals surface area contributed by atoms with Crippen molar-refractivity contribution in [3.63, 3.8) is 0 Å². The maximum Gasteiger partial charge on any atom is 0.245 e. The molecule has 188 valence electrons. The predicted octanol–water partition coefficient (Wildman–Crippen LogP) is 2.51. The molecule has 0 aromatic carbocycles. The number of sulfonamides is 1.